The maximum Gasteiger partial charge on any atom is 0.249 e. The largest absolute Gasteiger partial charge is 0.497 e. The van der Waals surface area contributed by atoms with Gasteiger partial charge in [0.15, 0.2) is 0 Å². The van der Waals surface area contributed by atoms with Gasteiger partial charge < -0.3 is 15.0 Å². The van der Waals surface area contributed by atoms with E-state index in [-0.39, 0.29) is 24.0 Å². The number of methoxy groups -OCH3 is 1. The number of amides is 1. The van der Waals surface area contributed by atoms with Gasteiger partial charge >= 0.3 is 0 Å². The van der Waals surface area contributed by atoms with Gasteiger partial charge in [0.05, 0.1) is 7.11 Å². The zero-order chi connectivity index (χ0) is 22.4. The lowest BCUT2D eigenvalue weighted by Crippen LogP contribution is -2.41. The van der Waals surface area contributed by atoms with E-state index in [9.17, 15) is 13.6 Å². The van der Waals surface area contributed by atoms with Crippen LogP contribution in [-0.4, -0.2) is 36.1 Å². The number of likely N-dealkylation sites (N-methyl/N-ethyl adjacent to an activating group) is 1. The average Bonchev–Trinajstić information content (AvgIpc) is 2.75. The van der Waals surface area contributed by atoms with Crippen LogP contribution in [0.15, 0.2) is 54.7 Å². The van der Waals surface area contributed by atoms with Gasteiger partial charge in [-0.2, -0.15) is 0 Å². The molecule has 1 aromatic heterocycles. The lowest BCUT2D eigenvalue weighted by atomic mass is 10.0. The van der Waals surface area contributed by atoms with E-state index in [1.807, 2.05) is 0 Å². The highest BCUT2D eigenvalue weighted by Crippen LogP contribution is 2.21. The van der Waals surface area contributed by atoms with Gasteiger partial charge in [0.1, 0.15) is 29.2 Å². The highest BCUT2D eigenvalue weighted by atomic mass is 35.5. The average molecular weight is 447 g/mol. The zero-order valence-electron chi connectivity index (χ0n) is 17.0. The zero-order valence-corrected chi connectivity index (χ0v) is 17.7. The molecule has 0 saturated heterocycles. The van der Waals surface area contributed by atoms with E-state index in [1.54, 1.807) is 44.5 Å². The number of nitrogens with one attached hydrogen (secondary N) is 1. The van der Waals surface area contributed by atoms with Crippen LogP contribution in [0.5, 0.6) is 5.75 Å². The summed E-state index contributed by atoms with van der Waals surface area (Å²) in [5, 5.41) is 3.09. The molecule has 1 amide bonds. The molecule has 0 aliphatic heterocycles. The quantitative estimate of drug-likeness (QED) is 0.516. The molecule has 6 nitrogen and oxygen atoms in total. The number of anilines is 2. The van der Waals surface area contributed by atoms with Gasteiger partial charge in [-0.1, -0.05) is 0 Å². The molecule has 2 aromatic carbocycles. The number of carbonyl (C=O) groups excluding carboxylic acids is 1. The van der Waals surface area contributed by atoms with Gasteiger partial charge in [-0.3, -0.25) is 4.79 Å². The Balaban J connectivity index is 1.81. The second kappa shape index (κ2) is 10.2. The molecule has 0 saturated carbocycles. The van der Waals surface area contributed by atoms with Crippen LogP contribution in [0.2, 0.25) is 5.28 Å². The molecule has 162 valence electrons. The van der Waals surface area contributed by atoms with Crippen molar-refractivity contribution >= 4 is 29.0 Å². The Morgan fingerprint density at radius 3 is 2.45 bits per heavy atom. The highest BCUT2D eigenvalue weighted by molar-refractivity contribution is 6.28. The molecule has 0 aliphatic carbocycles. The number of hydrogen-bond donors (Lipinski definition) is 1. The summed E-state index contributed by atoms with van der Waals surface area (Å²) in [4.78, 5) is 22.6. The summed E-state index contributed by atoms with van der Waals surface area (Å²) in [7, 11) is 3.21. The van der Waals surface area contributed by atoms with Crippen molar-refractivity contribution in [3.63, 3.8) is 0 Å². The van der Waals surface area contributed by atoms with Crippen LogP contribution in [0, 0.1) is 11.6 Å². The Morgan fingerprint density at radius 1 is 1.16 bits per heavy atom. The molecule has 0 aliphatic rings. The number of nitrogens with zero attached hydrogens (tertiary/aromatic N) is 3. The molecule has 3 aromatic rings. The van der Waals surface area contributed by atoms with Crippen LogP contribution >= 0.6 is 11.6 Å². The molecule has 9 heteroatoms. The first-order valence-electron chi connectivity index (χ1n) is 9.47. The molecule has 0 spiro atoms. The number of aromatic nitrogens is 2. The number of hydrogen-bond acceptors (Lipinski definition) is 5. The molecule has 1 heterocycles. The van der Waals surface area contributed by atoms with E-state index in [0.717, 1.165) is 6.07 Å². The third-order valence-electron chi connectivity index (χ3n) is 4.68. The second-order valence-corrected chi connectivity index (χ2v) is 7.16. The van der Waals surface area contributed by atoms with Crippen LogP contribution in [-0.2, 0) is 11.2 Å². The normalized spacial score (nSPS) is 11.6. The topological polar surface area (TPSA) is 67.3 Å². The summed E-state index contributed by atoms with van der Waals surface area (Å²) >= 11 is 5.85. The summed E-state index contributed by atoms with van der Waals surface area (Å²) in [6.45, 7) is 0. The predicted molar refractivity (Wildman–Crippen MR) is 116 cm³/mol. The van der Waals surface area contributed by atoms with E-state index in [1.165, 1.54) is 23.2 Å². The first-order valence-corrected chi connectivity index (χ1v) is 9.85. The van der Waals surface area contributed by atoms with Gasteiger partial charge in [0.25, 0.3) is 0 Å². The van der Waals surface area contributed by atoms with Crippen molar-refractivity contribution in [1.29, 1.82) is 0 Å². The van der Waals surface area contributed by atoms with Crippen molar-refractivity contribution in [3.05, 3.63) is 77.2 Å². The Morgan fingerprint density at radius 2 is 1.84 bits per heavy atom. The van der Waals surface area contributed by atoms with Crippen molar-refractivity contribution in [2.45, 2.75) is 18.9 Å². The van der Waals surface area contributed by atoms with Crippen molar-refractivity contribution < 1.29 is 18.3 Å². The van der Waals surface area contributed by atoms with E-state index in [2.05, 4.69) is 15.3 Å². The molecule has 0 radical (unpaired) electrons. The molecule has 1 atom stereocenters. The second-order valence-electron chi connectivity index (χ2n) is 6.82. The third-order valence-corrected chi connectivity index (χ3v) is 4.86. The number of carbonyl (C=O) groups is 1. The smallest absolute Gasteiger partial charge is 0.249 e. The molecule has 1 N–H and O–H groups in total. The first-order chi connectivity index (χ1) is 14.9. The van der Waals surface area contributed by atoms with Crippen molar-refractivity contribution in [2.75, 3.05) is 24.4 Å². The Labute approximate surface area is 183 Å². The summed E-state index contributed by atoms with van der Waals surface area (Å²) in [6, 6.07) is 11.2. The van der Waals surface area contributed by atoms with Gasteiger partial charge in [0.2, 0.25) is 11.2 Å². The number of ether oxygens (including phenoxy) is 1. The fourth-order valence-corrected chi connectivity index (χ4v) is 3.23. The molecule has 0 bridgehead atoms. The monoisotopic (exact) mass is 446 g/mol. The standard InChI is InChI=1S/C22H21ClF2N4O2/c1-29(17-4-6-18(31-2)7-5-17)21(30)19(27-20-9-10-26-22(23)28-20)8-3-14-11-15(24)13-16(25)12-14/h4-7,9-13,19H,3,8H2,1-2H3,(H,26,27,28)/t19-/m0/s1. The summed E-state index contributed by atoms with van der Waals surface area (Å²) in [5.74, 6) is -0.542. The Kier molecular flexibility index (Phi) is 7.36. The molecule has 0 fully saturated rings. The summed E-state index contributed by atoms with van der Waals surface area (Å²) in [6.07, 6.45) is 2.01. The first kappa shape index (κ1) is 22.4. The van der Waals surface area contributed by atoms with Gasteiger partial charge in [-0.05, 0) is 72.5 Å². The lowest BCUT2D eigenvalue weighted by molar-refractivity contribution is -0.119. The molecule has 0 unspecified atom stereocenters. The fourth-order valence-electron chi connectivity index (χ4n) is 3.08. The summed E-state index contributed by atoms with van der Waals surface area (Å²) < 4.78 is 32.2. The van der Waals surface area contributed by atoms with Crippen molar-refractivity contribution in [1.82, 2.24) is 9.97 Å². The van der Waals surface area contributed by atoms with Crippen LogP contribution in [0.4, 0.5) is 20.3 Å². The van der Waals surface area contributed by atoms with E-state index >= 15 is 0 Å². The van der Waals surface area contributed by atoms with Crippen LogP contribution < -0.4 is 15.0 Å². The minimum atomic E-state index is -0.732. The predicted octanol–water partition coefficient (Wildman–Crippen LogP) is 4.49. The lowest BCUT2D eigenvalue weighted by Gasteiger charge is -2.25. The number of rotatable bonds is 8. The van der Waals surface area contributed by atoms with Gasteiger partial charge in [0, 0.05) is 25.0 Å². The van der Waals surface area contributed by atoms with Crippen LogP contribution in [0.1, 0.15) is 12.0 Å². The van der Waals surface area contributed by atoms with E-state index < -0.39 is 17.7 Å². The van der Waals surface area contributed by atoms with E-state index in [4.69, 9.17) is 16.3 Å². The third kappa shape index (κ3) is 6.11. The van der Waals surface area contributed by atoms with Crippen LogP contribution in [0.3, 0.4) is 0 Å². The maximum absolute atomic E-state index is 13.5. The molecular weight excluding hydrogens is 426 g/mol. The summed E-state index contributed by atoms with van der Waals surface area (Å²) in [5.41, 5.74) is 1.11. The Bertz CT molecular complexity index is 1030. The van der Waals surface area contributed by atoms with Crippen LogP contribution in [0.25, 0.3) is 0 Å². The van der Waals surface area contributed by atoms with Gasteiger partial charge in [-0.25, -0.2) is 18.7 Å². The molecular formula is C22H21ClF2N4O2. The minimum Gasteiger partial charge on any atom is -0.497 e. The van der Waals surface area contributed by atoms with E-state index in [0.29, 0.717) is 22.8 Å². The van der Waals surface area contributed by atoms with Crippen molar-refractivity contribution in [2.24, 2.45) is 0 Å². The molecule has 31 heavy (non-hydrogen) atoms. The maximum atomic E-state index is 13.5. The minimum absolute atomic E-state index is 0.0342. The number of aryl methyl sites for hydroxylation is 1. The Hall–Kier alpha value is -3.26. The number of halogens is 3. The van der Waals surface area contributed by atoms with Crippen molar-refractivity contribution in [3.8, 4) is 5.75 Å². The fraction of sp³-hybridized carbons (Fsp3) is 0.227. The SMILES string of the molecule is COc1ccc(N(C)C(=O)[C@H](CCc2cc(F)cc(F)c2)Nc2ccnc(Cl)n2)cc1. The molecule has 3 rings (SSSR count). The highest BCUT2D eigenvalue weighted by Gasteiger charge is 2.24. The number of benzene rings is 2. The van der Waals surface area contributed by atoms with Gasteiger partial charge in [-0.15, -0.1) is 0 Å².